The lowest BCUT2D eigenvalue weighted by Crippen LogP contribution is -2.18. The summed E-state index contributed by atoms with van der Waals surface area (Å²) in [6.07, 6.45) is 5.43. The summed E-state index contributed by atoms with van der Waals surface area (Å²) in [6, 6.07) is 4.59. The lowest BCUT2D eigenvalue weighted by atomic mass is 9.83. The molecule has 0 aliphatic heterocycles. The molecule has 3 heteroatoms. The lowest BCUT2D eigenvalue weighted by Gasteiger charge is -2.20. The van der Waals surface area contributed by atoms with Crippen LogP contribution in [0.2, 0.25) is 0 Å². The molecule has 19 heavy (non-hydrogen) atoms. The number of hydrogen-bond donors (Lipinski definition) is 1. The van der Waals surface area contributed by atoms with Crippen LogP contribution < -0.4 is 0 Å². The summed E-state index contributed by atoms with van der Waals surface area (Å²) in [5.74, 6) is 0.0213. The van der Waals surface area contributed by atoms with Crippen LogP contribution >= 0.6 is 0 Å². The Balaban J connectivity index is 2.05. The third kappa shape index (κ3) is 2.18. The number of benzene rings is 1. The number of H-pyrrole nitrogens is 1. The van der Waals surface area contributed by atoms with Crippen molar-refractivity contribution in [3.8, 4) is 0 Å². The van der Waals surface area contributed by atoms with Crippen molar-refractivity contribution in [2.45, 2.75) is 39.0 Å². The molecule has 2 aromatic rings. The molecule has 1 fully saturated rings. The van der Waals surface area contributed by atoms with E-state index >= 15 is 0 Å². The first kappa shape index (κ1) is 12.4. The fourth-order valence-corrected chi connectivity index (χ4v) is 3.19. The van der Waals surface area contributed by atoms with Gasteiger partial charge in [0.05, 0.1) is 0 Å². The molecule has 1 aromatic carbocycles. The van der Waals surface area contributed by atoms with Crippen molar-refractivity contribution >= 4 is 16.7 Å². The number of aromatic amines is 1. The number of halogens is 1. The summed E-state index contributed by atoms with van der Waals surface area (Å²) >= 11 is 0. The van der Waals surface area contributed by atoms with Gasteiger partial charge in [0.2, 0.25) is 0 Å². The molecular formula is C16H18FNO. The van der Waals surface area contributed by atoms with Gasteiger partial charge in [-0.1, -0.05) is 19.3 Å². The minimum absolute atomic E-state index is 0.120. The topological polar surface area (TPSA) is 32.9 Å². The number of carbonyl (C=O) groups is 1. The van der Waals surface area contributed by atoms with E-state index < -0.39 is 0 Å². The Morgan fingerprint density at radius 3 is 2.74 bits per heavy atom. The van der Waals surface area contributed by atoms with E-state index in [-0.39, 0.29) is 17.5 Å². The van der Waals surface area contributed by atoms with Gasteiger partial charge in [-0.05, 0) is 38.0 Å². The van der Waals surface area contributed by atoms with Crippen molar-refractivity contribution in [2.75, 3.05) is 0 Å². The predicted octanol–water partition coefficient (Wildman–Crippen LogP) is 4.38. The first-order valence-electron chi connectivity index (χ1n) is 6.99. The van der Waals surface area contributed by atoms with Crippen LogP contribution in [-0.4, -0.2) is 10.8 Å². The van der Waals surface area contributed by atoms with Crippen LogP contribution in [0.25, 0.3) is 10.9 Å². The van der Waals surface area contributed by atoms with E-state index in [9.17, 15) is 9.18 Å². The Morgan fingerprint density at radius 2 is 2.00 bits per heavy atom. The molecule has 1 heterocycles. The number of aromatic nitrogens is 1. The Kier molecular flexibility index (Phi) is 3.13. The van der Waals surface area contributed by atoms with E-state index in [1.54, 1.807) is 6.07 Å². The van der Waals surface area contributed by atoms with Gasteiger partial charge in [-0.25, -0.2) is 4.39 Å². The molecule has 0 radical (unpaired) electrons. The van der Waals surface area contributed by atoms with Crippen molar-refractivity contribution < 1.29 is 9.18 Å². The van der Waals surface area contributed by atoms with Crippen LogP contribution in [0.4, 0.5) is 4.39 Å². The summed E-state index contributed by atoms with van der Waals surface area (Å²) in [7, 11) is 0. The van der Waals surface area contributed by atoms with Crippen molar-refractivity contribution in [2.24, 2.45) is 5.92 Å². The normalized spacial score (nSPS) is 16.9. The second kappa shape index (κ2) is 4.80. The van der Waals surface area contributed by atoms with E-state index in [1.165, 1.54) is 18.6 Å². The van der Waals surface area contributed by atoms with Crippen LogP contribution in [-0.2, 0) is 0 Å². The van der Waals surface area contributed by atoms with Gasteiger partial charge < -0.3 is 4.98 Å². The highest BCUT2D eigenvalue weighted by Crippen LogP contribution is 2.31. The van der Waals surface area contributed by atoms with Gasteiger partial charge in [-0.3, -0.25) is 4.79 Å². The number of rotatable bonds is 2. The van der Waals surface area contributed by atoms with E-state index in [4.69, 9.17) is 0 Å². The maximum absolute atomic E-state index is 13.4. The largest absolute Gasteiger partial charge is 0.358 e. The number of carbonyl (C=O) groups excluding carboxylic acids is 1. The van der Waals surface area contributed by atoms with Gasteiger partial charge >= 0.3 is 0 Å². The van der Waals surface area contributed by atoms with Gasteiger partial charge in [0.15, 0.2) is 5.78 Å². The van der Waals surface area contributed by atoms with Crippen LogP contribution in [0.1, 0.15) is 48.2 Å². The first-order valence-corrected chi connectivity index (χ1v) is 6.99. The summed E-state index contributed by atoms with van der Waals surface area (Å²) in [5.41, 5.74) is 2.40. The SMILES string of the molecule is Cc1[nH]c2ccc(F)cc2c1C(=O)C1CCCCC1. The Hall–Kier alpha value is -1.64. The second-order valence-corrected chi connectivity index (χ2v) is 5.51. The highest BCUT2D eigenvalue weighted by Gasteiger charge is 2.26. The Bertz CT molecular complexity index is 623. The van der Waals surface area contributed by atoms with Gasteiger partial charge in [-0.2, -0.15) is 0 Å². The monoisotopic (exact) mass is 259 g/mol. The molecule has 1 saturated carbocycles. The number of fused-ring (bicyclic) bond motifs is 1. The lowest BCUT2D eigenvalue weighted by molar-refractivity contribution is 0.0890. The summed E-state index contributed by atoms with van der Waals surface area (Å²) in [4.78, 5) is 15.9. The fraction of sp³-hybridized carbons (Fsp3) is 0.438. The first-order chi connectivity index (χ1) is 9.16. The number of ketones is 1. The maximum Gasteiger partial charge on any atom is 0.168 e. The molecule has 0 bridgehead atoms. The molecule has 1 aromatic heterocycles. The predicted molar refractivity (Wildman–Crippen MR) is 73.9 cm³/mol. The standard InChI is InChI=1S/C16H18FNO/c1-10-15(16(19)11-5-3-2-4-6-11)13-9-12(17)7-8-14(13)18-10/h7-9,11,18H,2-6H2,1H3. The second-order valence-electron chi connectivity index (χ2n) is 5.51. The molecular weight excluding hydrogens is 241 g/mol. The minimum atomic E-state index is -0.288. The Morgan fingerprint density at radius 1 is 1.26 bits per heavy atom. The molecule has 1 aliphatic rings. The van der Waals surface area contributed by atoms with Crippen LogP contribution in [0, 0.1) is 18.7 Å². The van der Waals surface area contributed by atoms with Crippen molar-refractivity contribution in [1.82, 2.24) is 4.98 Å². The van der Waals surface area contributed by atoms with Gasteiger partial charge in [0.25, 0.3) is 0 Å². The maximum atomic E-state index is 13.4. The number of nitrogens with one attached hydrogen (secondary N) is 1. The average molecular weight is 259 g/mol. The van der Waals surface area contributed by atoms with E-state index in [0.717, 1.165) is 42.3 Å². The summed E-state index contributed by atoms with van der Waals surface area (Å²) in [6.45, 7) is 1.90. The van der Waals surface area contributed by atoms with E-state index in [2.05, 4.69) is 4.98 Å². The summed E-state index contributed by atoms with van der Waals surface area (Å²) < 4.78 is 13.4. The van der Waals surface area contributed by atoms with Crippen LogP contribution in [0.5, 0.6) is 0 Å². The molecule has 1 N–H and O–H groups in total. The molecule has 1 aliphatic carbocycles. The molecule has 3 rings (SSSR count). The quantitative estimate of drug-likeness (QED) is 0.798. The molecule has 2 nitrogen and oxygen atoms in total. The highest BCUT2D eigenvalue weighted by molar-refractivity contribution is 6.10. The summed E-state index contributed by atoms with van der Waals surface area (Å²) in [5, 5.41) is 0.730. The zero-order chi connectivity index (χ0) is 13.4. The van der Waals surface area contributed by atoms with Crippen molar-refractivity contribution in [3.05, 3.63) is 35.3 Å². The van der Waals surface area contributed by atoms with E-state index in [0.29, 0.717) is 5.56 Å². The van der Waals surface area contributed by atoms with Crippen LogP contribution in [0.15, 0.2) is 18.2 Å². The third-order valence-corrected chi connectivity index (χ3v) is 4.17. The molecule has 100 valence electrons. The minimum Gasteiger partial charge on any atom is -0.358 e. The average Bonchev–Trinajstić information content (AvgIpc) is 2.74. The van der Waals surface area contributed by atoms with Crippen molar-refractivity contribution in [1.29, 1.82) is 0 Å². The number of Topliss-reactive ketones (excluding diaryl/α,β-unsaturated/α-hetero) is 1. The number of hydrogen-bond acceptors (Lipinski definition) is 1. The van der Waals surface area contributed by atoms with E-state index in [1.807, 2.05) is 6.92 Å². The molecule has 0 amide bonds. The van der Waals surface area contributed by atoms with Gasteiger partial charge in [0.1, 0.15) is 5.82 Å². The molecule has 0 spiro atoms. The zero-order valence-corrected chi connectivity index (χ0v) is 11.1. The van der Waals surface area contributed by atoms with Crippen LogP contribution in [0.3, 0.4) is 0 Å². The van der Waals surface area contributed by atoms with Gasteiger partial charge in [0, 0.05) is 28.1 Å². The fourth-order valence-electron chi connectivity index (χ4n) is 3.19. The molecule has 0 atom stereocenters. The van der Waals surface area contributed by atoms with Crippen molar-refractivity contribution in [3.63, 3.8) is 0 Å². The smallest absolute Gasteiger partial charge is 0.168 e. The van der Waals surface area contributed by atoms with Gasteiger partial charge in [-0.15, -0.1) is 0 Å². The third-order valence-electron chi connectivity index (χ3n) is 4.17. The molecule has 0 unspecified atom stereocenters. The molecule has 0 saturated heterocycles. The zero-order valence-electron chi connectivity index (χ0n) is 11.1. The highest BCUT2D eigenvalue weighted by atomic mass is 19.1. The number of aryl methyl sites for hydroxylation is 1. The Labute approximate surface area is 112 Å².